The molecule has 0 fully saturated rings. The molecule has 0 saturated carbocycles. The molecule has 0 aliphatic heterocycles. The van der Waals surface area contributed by atoms with Crippen molar-refractivity contribution in [2.75, 3.05) is 13.6 Å². The van der Waals surface area contributed by atoms with Gasteiger partial charge in [-0.25, -0.2) is 0 Å². The molecule has 1 nitrogen and oxygen atoms in total. The van der Waals surface area contributed by atoms with Crippen molar-refractivity contribution in [1.82, 2.24) is 5.32 Å². The molecule has 0 spiro atoms. The third-order valence-electron chi connectivity index (χ3n) is 1.85. The lowest BCUT2D eigenvalue weighted by Crippen LogP contribution is -2.07. The van der Waals surface area contributed by atoms with Crippen molar-refractivity contribution in [3.05, 3.63) is 19.2 Å². The zero-order valence-corrected chi connectivity index (χ0v) is 11.6. The van der Waals surface area contributed by atoms with Crippen molar-refractivity contribution in [1.29, 1.82) is 0 Å². The molecule has 74 valence electrons. The number of rotatable bonds is 5. The average Bonchev–Trinajstić information content (AvgIpc) is 2.39. The van der Waals surface area contributed by atoms with E-state index in [9.17, 15) is 0 Å². The summed E-state index contributed by atoms with van der Waals surface area (Å²) in [6.07, 6.45) is 3.67. The summed E-state index contributed by atoms with van der Waals surface area (Å²) in [7, 11) is 2.00. The number of hydrogen-bond acceptors (Lipinski definition) is 2. The fraction of sp³-hybridized carbons (Fsp3) is 0.556. The fourth-order valence-corrected chi connectivity index (χ4v) is 4.08. The SMILES string of the molecule is CNCCCCc1cc(Br)sc1Br. The molecule has 0 atom stereocenters. The predicted molar refractivity (Wildman–Crippen MR) is 66.6 cm³/mol. The van der Waals surface area contributed by atoms with E-state index in [0.29, 0.717) is 0 Å². The van der Waals surface area contributed by atoms with E-state index >= 15 is 0 Å². The summed E-state index contributed by atoms with van der Waals surface area (Å²) in [6, 6.07) is 2.20. The lowest BCUT2D eigenvalue weighted by molar-refractivity contribution is 0.677. The average molecular weight is 327 g/mol. The van der Waals surface area contributed by atoms with Crippen molar-refractivity contribution in [3.63, 3.8) is 0 Å². The van der Waals surface area contributed by atoms with Crippen LogP contribution >= 0.6 is 43.2 Å². The van der Waals surface area contributed by atoms with Crippen LogP contribution in [0.3, 0.4) is 0 Å². The van der Waals surface area contributed by atoms with Crippen LogP contribution in [0.1, 0.15) is 18.4 Å². The maximum absolute atomic E-state index is 3.56. The lowest BCUT2D eigenvalue weighted by atomic mass is 10.1. The molecule has 4 heteroatoms. The van der Waals surface area contributed by atoms with Crippen LogP contribution in [0.25, 0.3) is 0 Å². The lowest BCUT2D eigenvalue weighted by Gasteiger charge is -1.99. The van der Waals surface area contributed by atoms with Crippen LogP contribution in [0.2, 0.25) is 0 Å². The summed E-state index contributed by atoms with van der Waals surface area (Å²) in [5.74, 6) is 0. The minimum atomic E-state index is 1.11. The first kappa shape index (κ1) is 11.7. The Morgan fingerprint density at radius 1 is 1.38 bits per heavy atom. The summed E-state index contributed by atoms with van der Waals surface area (Å²) < 4.78 is 2.48. The molecule has 0 aromatic carbocycles. The standard InChI is InChI=1S/C9H13Br2NS/c1-12-5-3-2-4-7-6-8(10)13-9(7)11/h6,12H,2-5H2,1H3. The molecule has 0 bridgehead atoms. The smallest absolute Gasteiger partial charge is 0.0742 e. The van der Waals surface area contributed by atoms with Crippen LogP contribution in [0, 0.1) is 0 Å². The van der Waals surface area contributed by atoms with Crippen LogP contribution in [0.15, 0.2) is 13.6 Å². The first-order valence-corrected chi connectivity index (χ1v) is 6.72. The van der Waals surface area contributed by atoms with Gasteiger partial charge in [0, 0.05) is 0 Å². The van der Waals surface area contributed by atoms with Gasteiger partial charge in [0.1, 0.15) is 0 Å². The number of aryl methyl sites for hydroxylation is 1. The second kappa shape index (κ2) is 6.17. The van der Waals surface area contributed by atoms with Gasteiger partial charge in [0.25, 0.3) is 0 Å². The van der Waals surface area contributed by atoms with Crippen LogP contribution in [-0.2, 0) is 6.42 Å². The Kier molecular flexibility index (Phi) is 5.55. The summed E-state index contributed by atoms with van der Waals surface area (Å²) in [5.41, 5.74) is 1.42. The highest BCUT2D eigenvalue weighted by Crippen LogP contribution is 2.32. The molecule has 0 aliphatic carbocycles. The van der Waals surface area contributed by atoms with Crippen molar-refractivity contribution in [2.24, 2.45) is 0 Å². The molecule has 1 rings (SSSR count). The van der Waals surface area contributed by atoms with Crippen LogP contribution in [0.4, 0.5) is 0 Å². The molecule has 0 radical (unpaired) electrons. The Bertz CT molecular complexity index is 260. The van der Waals surface area contributed by atoms with E-state index in [2.05, 4.69) is 43.2 Å². The summed E-state index contributed by atoms with van der Waals surface area (Å²) in [4.78, 5) is 0. The molecule has 1 N–H and O–H groups in total. The van der Waals surface area contributed by atoms with Crippen molar-refractivity contribution in [3.8, 4) is 0 Å². The molecule has 1 aromatic rings. The van der Waals surface area contributed by atoms with Gasteiger partial charge >= 0.3 is 0 Å². The third kappa shape index (κ3) is 4.11. The maximum atomic E-state index is 3.56. The highest BCUT2D eigenvalue weighted by atomic mass is 79.9. The fourth-order valence-electron chi connectivity index (χ4n) is 1.16. The number of hydrogen-bond donors (Lipinski definition) is 1. The van der Waals surface area contributed by atoms with Crippen LogP contribution < -0.4 is 5.32 Å². The Balaban J connectivity index is 2.32. The second-order valence-corrected chi connectivity index (χ2v) is 6.66. The zero-order chi connectivity index (χ0) is 9.68. The largest absolute Gasteiger partial charge is 0.320 e. The van der Waals surface area contributed by atoms with Crippen LogP contribution in [-0.4, -0.2) is 13.6 Å². The van der Waals surface area contributed by atoms with E-state index in [4.69, 9.17) is 0 Å². The van der Waals surface area contributed by atoms with Gasteiger partial charge in [-0.1, -0.05) is 0 Å². The zero-order valence-electron chi connectivity index (χ0n) is 7.57. The van der Waals surface area contributed by atoms with E-state index in [1.54, 1.807) is 11.3 Å². The first-order valence-electron chi connectivity index (χ1n) is 4.32. The highest BCUT2D eigenvalue weighted by molar-refractivity contribution is 9.12. The summed E-state index contributed by atoms with van der Waals surface area (Å²) in [6.45, 7) is 1.11. The Hall–Kier alpha value is 0.620. The molecular formula is C9H13Br2NS. The highest BCUT2D eigenvalue weighted by Gasteiger charge is 2.03. The molecule has 1 heterocycles. The van der Waals surface area contributed by atoms with Gasteiger partial charge in [0.2, 0.25) is 0 Å². The van der Waals surface area contributed by atoms with Gasteiger partial charge in [0.15, 0.2) is 0 Å². The Morgan fingerprint density at radius 3 is 2.69 bits per heavy atom. The van der Waals surface area contributed by atoms with Crippen molar-refractivity contribution >= 4 is 43.2 Å². The number of halogens is 2. The van der Waals surface area contributed by atoms with Gasteiger partial charge in [-0.05, 0) is 76.3 Å². The van der Waals surface area contributed by atoms with E-state index in [1.165, 1.54) is 32.4 Å². The first-order chi connectivity index (χ1) is 6.24. The minimum absolute atomic E-state index is 1.11. The Morgan fingerprint density at radius 2 is 2.15 bits per heavy atom. The van der Waals surface area contributed by atoms with E-state index in [0.717, 1.165) is 6.54 Å². The quantitative estimate of drug-likeness (QED) is 0.811. The molecule has 1 aromatic heterocycles. The summed E-state index contributed by atoms with van der Waals surface area (Å²) >= 11 is 8.79. The Labute approximate surface area is 100 Å². The molecule has 0 saturated heterocycles. The molecule has 0 amide bonds. The van der Waals surface area contributed by atoms with Gasteiger partial charge in [-0.2, -0.15) is 0 Å². The van der Waals surface area contributed by atoms with Gasteiger partial charge in [0.05, 0.1) is 7.57 Å². The van der Waals surface area contributed by atoms with Crippen molar-refractivity contribution < 1.29 is 0 Å². The van der Waals surface area contributed by atoms with E-state index < -0.39 is 0 Å². The molecule has 0 aliphatic rings. The van der Waals surface area contributed by atoms with E-state index in [1.807, 2.05) is 7.05 Å². The topological polar surface area (TPSA) is 12.0 Å². The monoisotopic (exact) mass is 325 g/mol. The van der Waals surface area contributed by atoms with Gasteiger partial charge in [-0.15, -0.1) is 11.3 Å². The minimum Gasteiger partial charge on any atom is -0.320 e. The normalized spacial score (nSPS) is 10.7. The summed E-state index contributed by atoms with van der Waals surface area (Å²) in [5, 5.41) is 3.16. The second-order valence-electron chi connectivity index (χ2n) is 2.91. The number of thiophene rings is 1. The van der Waals surface area contributed by atoms with E-state index in [-0.39, 0.29) is 0 Å². The van der Waals surface area contributed by atoms with Crippen molar-refractivity contribution in [2.45, 2.75) is 19.3 Å². The third-order valence-corrected chi connectivity index (χ3v) is 4.31. The number of nitrogens with one attached hydrogen (secondary N) is 1. The maximum Gasteiger partial charge on any atom is 0.0742 e. The molecular weight excluding hydrogens is 314 g/mol. The van der Waals surface area contributed by atoms with Gasteiger partial charge < -0.3 is 5.32 Å². The van der Waals surface area contributed by atoms with Crippen LogP contribution in [0.5, 0.6) is 0 Å². The predicted octanol–water partition coefficient (Wildman–Crippen LogP) is 3.82. The molecule has 13 heavy (non-hydrogen) atoms. The van der Waals surface area contributed by atoms with Gasteiger partial charge in [-0.3, -0.25) is 0 Å². The number of unbranched alkanes of at least 4 members (excludes halogenated alkanes) is 1. The molecule has 0 unspecified atom stereocenters.